The predicted octanol–water partition coefficient (Wildman–Crippen LogP) is 4.93. The highest BCUT2D eigenvalue weighted by atomic mass is 16.5. The number of ether oxygens (including phenoxy) is 1. The molecule has 3 aromatic rings. The molecule has 0 bridgehead atoms. The zero-order valence-electron chi connectivity index (χ0n) is 20.5. The fraction of sp³-hybridized carbons (Fsp3) is 0.172. The van der Waals surface area contributed by atoms with Gasteiger partial charge in [0, 0.05) is 23.9 Å². The van der Waals surface area contributed by atoms with E-state index in [2.05, 4.69) is 10.3 Å². The van der Waals surface area contributed by atoms with Crippen molar-refractivity contribution in [3.05, 3.63) is 98.6 Å². The maximum absolute atomic E-state index is 12.8. The lowest BCUT2D eigenvalue weighted by molar-refractivity contribution is -0.146. The standard InChI is InChI=1S/C29H24N2O6/c1-15-4-7-22(30-13-20-24(32)11-16(2)18-5-8-26(34)36-28(18)20)23(10-15)31-14-21-25(33)12-17(3)19-6-9-27(35)37-29(19)21/h4-8,10-14,29,31-32H,9H2,1-3H3/b21-14+,30-13?. The van der Waals surface area contributed by atoms with Gasteiger partial charge >= 0.3 is 11.6 Å². The molecule has 186 valence electrons. The number of anilines is 1. The second-order valence-corrected chi connectivity index (χ2v) is 9.07. The normalized spacial score (nSPS) is 18.6. The Bertz CT molecular complexity index is 1650. The molecule has 1 atom stereocenters. The highest BCUT2D eigenvalue weighted by Gasteiger charge is 2.34. The molecule has 37 heavy (non-hydrogen) atoms. The number of benzene rings is 2. The number of fused-ring (bicyclic) bond motifs is 2. The molecule has 0 saturated heterocycles. The smallest absolute Gasteiger partial charge is 0.336 e. The molecule has 2 aromatic carbocycles. The van der Waals surface area contributed by atoms with Gasteiger partial charge in [-0.05, 0) is 73.4 Å². The number of hydrogen-bond acceptors (Lipinski definition) is 8. The summed E-state index contributed by atoms with van der Waals surface area (Å²) in [5, 5.41) is 14.4. The van der Waals surface area contributed by atoms with Crippen molar-refractivity contribution in [2.45, 2.75) is 33.3 Å². The van der Waals surface area contributed by atoms with Crippen LogP contribution in [0.1, 0.15) is 30.0 Å². The Hall–Kier alpha value is -4.72. The number of rotatable bonds is 4. The summed E-state index contributed by atoms with van der Waals surface area (Å²) >= 11 is 0. The number of esters is 1. The van der Waals surface area contributed by atoms with Gasteiger partial charge in [-0.2, -0.15) is 0 Å². The van der Waals surface area contributed by atoms with Crippen LogP contribution in [-0.2, 0) is 14.3 Å². The lowest BCUT2D eigenvalue weighted by Gasteiger charge is -2.29. The van der Waals surface area contributed by atoms with Crippen LogP contribution in [0.15, 0.2) is 85.7 Å². The van der Waals surface area contributed by atoms with Crippen LogP contribution in [0.5, 0.6) is 5.75 Å². The number of phenolic OH excluding ortho intramolecular Hbond substituents is 1. The van der Waals surface area contributed by atoms with Crippen LogP contribution in [0.25, 0.3) is 11.0 Å². The van der Waals surface area contributed by atoms with E-state index in [4.69, 9.17) is 9.15 Å². The van der Waals surface area contributed by atoms with Crippen molar-refractivity contribution in [1.82, 2.24) is 0 Å². The third-order valence-corrected chi connectivity index (χ3v) is 6.39. The van der Waals surface area contributed by atoms with Gasteiger partial charge in [0.25, 0.3) is 0 Å². The minimum Gasteiger partial charge on any atom is -0.507 e. The number of allylic oxidation sites excluding steroid dienone is 1. The Morgan fingerprint density at radius 3 is 2.70 bits per heavy atom. The maximum Gasteiger partial charge on any atom is 0.336 e. The number of aromatic hydroxyl groups is 1. The summed E-state index contributed by atoms with van der Waals surface area (Å²) in [4.78, 5) is 41.1. The fourth-order valence-electron chi connectivity index (χ4n) is 4.48. The molecule has 5 rings (SSSR count). The minimum absolute atomic E-state index is 0.0692. The number of nitrogens with one attached hydrogen (secondary N) is 1. The number of nitrogens with zero attached hydrogens (tertiary/aromatic N) is 1. The van der Waals surface area contributed by atoms with Crippen molar-refractivity contribution < 1.29 is 23.8 Å². The molecule has 0 fully saturated rings. The van der Waals surface area contributed by atoms with Crippen LogP contribution >= 0.6 is 0 Å². The maximum atomic E-state index is 12.8. The van der Waals surface area contributed by atoms with Gasteiger partial charge in [-0.3, -0.25) is 14.6 Å². The second-order valence-electron chi connectivity index (χ2n) is 9.07. The summed E-state index contributed by atoms with van der Waals surface area (Å²) in [7, 11) is 0. The van der Waals surface area contributed by atoms with E-state index in [1.807, 2.05) is 32.9 Å². The molecule has 0 spiro atoms. The summed E-state index contributed by atoms with van der Waals surface area (Å²) in [6.07, 6.45) is 5.70. The Kier molecular flexibility index (Phi) is 6.09. The topological polar surface area (TPSA) is 118 Å². The number of aliphatic imine (C=N–C) groups is 1. The molecule has 2 aliphatic rings. The van der Waals surface area contributed by atoms with E-state index in [1.165, 1.54) is 24.6 Å². The molecule has 0 saturated carbocycles. The molecule has 2 heterocycles. The fourth-order valence-corrected chi connectivity index (χ4v) is 4.48. The number of phenols is 1. The molecule has 8 heteroatoms. The summed E-state index contributed by atoms with van der Waals surface area (Å²) in [5.41, 5.74) is 4.69. The van der Waals surface area contributed by atoms with E-state index >= 15 is 0 Å². The lowest BCUT2D eigenvalue weighted by atomic mass is 9.85. The Morgan fingerprint density at radius 1 is 1.08 bits per heavy atom. The monoisotopic (exact) mass is 496 g/mol. The van der Waals surface area contributed by atoms with E-state index in [-0.39, 0.29) is 35.1 Å². The van der Waals surface area contributed by atoms with Gasteiger partial charge in [0.1, 0.15) is 5.75 Å². The molecule has 2 N–H and O–H groups in total. The van der Waals surface area contributed by atoms with Gasteiger partial charge in [-0.1, -0.05) is 12.1 Å². The minimum atomic E-state index is -0.762. The van der Waals surface area contributed by atoms with Gasteiger partial charge in [-0.25, -0.2) is 4.79 Å². The van der Waals surface area contributed by atoms with Gasteiger partial charge in [-0.15, -0.1) is 0 Å². The van der Waals surface area contributed by atoms with Gasteiger partial charge in [0.05, 0.1) is 28.9 Å². The first kappa shape index (κ1) is 24.0. The highest BCUT2D eigenvalue weighted by Crippen LogP contribution is 2.34. The van der Waals surface area contributed by atoms with E-state index in [0.29, 0.717) is 22.3 Å². The first-order valence-electron chi connectivity index (χ1n) is 11.7. The molecule has 1 unspecified atom stereocenters. The van der Waals surface area contributed by atoms with Crippen molar-refractivity contribution in [2.24, 2.45) is 4.99 Å². The summed E-state index contributed by atoms with van der Waals surface area (Å²) in [6, 6.07) is 10.1. The average Bonchev–Trinajstić information content (AvgIpc) is 2.84. The first-order valence-corrected chi connectivity index (χ1v) is 11.7. The molecule has 0 radical (unpaired) electrons. The van der Waals surface area contributed by atoms with Crippen molar-refractivity contribution in [1.29, 1.82) is 0 Å². The number of carbonyl (C=O) groups is 2. The number of hydrogen-bond donors (Lipinski definition) is 2. The Labute approximate surface area is 212 Å². The summed E-state index contributed by atoms with van der Waals surface area (Å²) in [6.45, 7) is 5.55. The predicted molar refractivity (Wildman–Crippen MR) is 140 cm³/mol. The van der Waals surface area contributed by atoms with Crippen LogP contribution in [0, 0.1) is 13.8 Å². The third-order valence-electron chi connectivity index (χ3n) is 6.39. The summed E-state index contributed by atoms with van der Waals surface area (Å²) in [5.74, 6) is -0.703. The van der Waals surface area contributed by atoms with Crippen LogP contribution in [0.4, 0.5) is 11.4 Å². The highest BCUT2D eigenvalue weighted by molar-refractivity contribution is 6.08. The van der Waals surface area contributed by atoms with E-state index in [9.17, 15) is 19.5 Å². The summed E-state index contributed by atoms with van der Waals surface area (Å²) < 4.78 is 10.9. The van der Waals surface area contributed by atoms with Crippen molar-refractivity contribution >= 4 is 40.3 Å². The molecule has 0 amide bonds. The van der Waals surface area contributed by atoms with Crippen LogP contribution in [0.2, 0.25) is 0 Å². The number of carbonyl (C=O) groups excluding carboxylic acids is 2. The quantitative estimate of drug-likeness (QED) is 0.227. The zero-order valence-corrected chi connectivity index (χ0v) is 20.5. The van der Waals surface area contributed by atoms with E-state index in [0.717, 1.165) is 22.3 Å². The van der Waals surface area contributed by atoms with Gasteiger partial charge < -0.3 is 19.6 Å². The van der Waals surface area contributed by atoms with Crippen molar-refractivity contribution in [3.8, 4) is 5.75 Å². The molecular formula is C29H24N2O6. The molecule has 1 aromatic heterocycles. The van der Waals surface area contributed by atoms with Crippen molar-refractivity contribution in [3.63, 3.8) is 0 Å². The molecular weight excluding hydrogens is 472 g/mol. The van der Waals surface area contributed by atoms with Crippen molar-refractivity contribution in [2.75, 3.05) is 5.32 Å². The van der Waals surface area contributed by atoms with E-state index in [1.54, 1.807) is 24.3 Å². The Morgan fingerprint density at radius 2 is 1.89 bits per heavy atom. The lowest BCUT2D eigenvalue weighted by Crippen LogP contribution is -2.33. The Balaban J connectivity index is 1.53. The number of aryl methyl sites for hydroxylation is 2. The largest absolute Gasteiger partial charge is 0.507 e. The average molecular weight is 497 g/mol. The zero-order chi connectivity index (χ0) is 26.3. The number of ketones is 1. The molecule has 1 aliphatic carbocycles. The van der Waals surface area contributed by atoms with Crippen LogP contribution in [-0.4, -0.2) is 29.2 Å². The van der Waals surface area contributed by atoms with E-state index < -0.39 is 11.7 Å². The second kappa shape index (κ2) is 9.39. The molecule has 8 nitrogen and oxygen atoms in total. The SMILES string of the molecule is CC1=CC(=O)/C(=C\Nc2cc(C)ccc2N=Cc2c(O)cc(C)c3ccc(=O)oc23)C2OC(=O)CC=C12. The van der Waals surface area contributed by atoms with Gasteiger partial charge in [0.2, 0.25) is 0 Å². The van der Waals surface area contributed by atoms with Crippen LogP contribution < -0.4 is 10.9 Å². The van der Waals surface area contributed by atoms with Gasteiger partial charge in [0.15, 0.2) is 17.5 Å². The third kappa shape index (κ3) is 4.61. The molecule has 1 aliphatic heterocycles. The van der Waals surface area contributed by atoms with Crippen LogP contribution in [0.3, 0.4) is 0 Å². The first-order chi connectivity index (χ1) is 17.7.